The number of aromatic amines is 1. The number of nitrogens with zero attached hydrogens (tertiary/aromatic N) is 7. The molecule has 4 aromatic heterocycles. The van der Waals surface area contributed by atoms with E-state index >= 15 is 0 Å². The number of amides is 2. The summed E-state index contributed by atoms with van der Waals surface area (Å²) in [6.45, 7) is 8.96. The number of imidazole rings is 1. The van der Waals surface area contributed by atoms with E-state index in [1.807, 2.05) is 20.8 Å². The Morgan fingerprint density at radius 1 is 1.24 bits per heavy atom. The van der Waals surface area contributed by atoms with E-state index in [9.17, 15) is 19.7 Å². The molecule has 15 nitrogen and oxygen atoms in total. The van der Waals surface area contributed by atoms with Crippen LogP contribution in [0.1, 0.15) is 42.8 Å². The van der Waals surface area contributed by atoms with Crippen molar-refractivity contribution in [2.24, 2.45) is 7.05 Å². The molecule has 2 amide bonds. The van der Waals surface area contributed by atoms with E-state index in [2.05, 4.69) is 47.4 Å². The summed E-state index contributed by atoms with van der Waals surface area (Å²) in [5.41, 5.74) is 2.41. The van der Waals surface area contributed by atoms with Crippen LogP contribution >= 0.6 is 0 Å². The lowest BCUT2D eigenvalue weighted by molar-refractivity contribution is -0.385. The molecule has 0 atom stereocenters. The van der Waals surface area contributed by atoms with Gasteiger partial charge in [-0.25, -0.2) is 9.97 Å². The number of carbonyl (C=O) groups excluding carboxylic acids is 2. The molecule has 0 saturated carbocycles. The summed E-state index contributed by atoms with van der Waals surface area (Å²) in [4.78, 5) is 52.1. The summed E-state index contributed by atoms with van der Waals surface area (Å²) in [6, 6.07) is 6.35. The van der Waals surface area contributed by atoms with Crippen LogP contribution in [-0.4, -0.2) is 51.6 Å². The van der Waals surface area contributed by atoms with Gasteiger partial charge in [-0.3, -0.25) is 24.4 Å². The van der Waals surface area contributed by atoms with Crippen molar-refractivity contribution in [2.45, 2.75) is 32.7 Å². The lowest BCUT2D eigenvalue weighted by Crippen LogP contribution is -2.24. The fourth-order valence-electron chi connectivity index (χ4n) is 4.12. The molecule has 214 valence electrons. The zero-order chi connectivity index (χ0) is 30.2. The first-order valence-electron chi connectivity index (χ1n) is 12.7. The van der Waals surface area contributed by atoms with Gasteiger partial charge in [0.1, 0.15) is 5.52 Å². The van der Waals surface area contributed by atoms with Gasteiger partial charge in [0.15, 0.2) is 23.0 Å². The molecule has 42 heavy (non-hydrogen) atoms. The zero-order valence-corrected chi connectivity index (χ0v) is 23.1. The number of nitro benzene ring substituents is 1. The molecule has 15 heteroatoms. The Labute approximate surface area is 238 Å². The van der Waals surface area contributed by atoms with Crippen molar-refractivity contribution in [2.75, 3.05) is 5.32 Å². The van der Waals surface area contributed by atoms with E-state index in [1.54, 1.807) is 37.6 Å². The van der Waals surface area contributed by atoms with Crippen LogP contribution in [0, 0.1) is 10.1 Å². The minimum Gasteiger partial charge on any atom is -0.343 e. The third-order valence-electron chi connectivity index (χ3n) is 6.20. The summed E-state index contributed by atoms with van der Waals surface area (Å²) in [7, 11) is 1.70. The van der Waals surface area contributed by atoms with Crippen molar-refractivity contribution < 1.29 is 19.0 Å². The molecule has 0 saturated heterocycles. The zero-order valence-electron chi connectivity index (χ0n) is 23.1. The number of hydrogen-bond acceptors (Lipinski definition) is 10. The third kappa shape index (κ3) is 5.47. The first kappa shape index (κ1) is 27.8. The van der Waals surface area contributed by atoms with Crippen molar-refractivity contribution in [3.8, 4) is 22.6 Å². The van der Waals surface area contributed by atoms with Crippen molar-refractivity contribution in [3.63, 3.8) is 0 Å². The van der Waals surface area contributed by atoms with Gasteiger partial charge in [-0.2, -0.15) is 10.1 Å². The van der Waals surface area contributed by atoms with Gasteiger partial charge in [0, 0.05) is 42.0 Å². The predicted octanol–water partition coefficient (Wildman–Crippen LogP) is 3.67. The lowest BCUT2D eigenvalue weighted by Gasteiger charge is -2.10. The van der Waals surface area contributed by atoms with Crippen LogP contribution in [0.15, 0.2) is 53.8 Å². The summed E-state index contributed by atoms with van der Waals surface area (Å²) in [6.07, 6.45) is 4.32. The number of pyridine rings is 1. The highest BCUT2D eigenvalue weighted by Gasteiger charge is 2.25. The molecule has 0 fully saturated rings. The van der Waals surface area contributed by atoms with Gasteiger partial charge >= 0.3 is 11.8 Å². The Bertz CT molecular complexity index is 1860. The van der Waals surface area contributed by atoms with Gasteiger partial charge in [0.25, 0.3) is 5.69 Å². The summed E-state index contributed by atoms with van der Waals surface area (Å²) in [5.74, 6) is -0.569. The molecule has 0 bridgehead atoms. The number of anilines is 1. The average Bonchev–Trinajstić information content (AvgIpc) is 3.69. The Kier molecular flexibility index (Phi) is 7.08. The summed E-state index contributed by atoms with van der Waals surface area (Å²) in [5, 5.41) is 25.5. The van der Waals surface area contributed by atoms with Gasteiger partial charge in [0.05, 0.1) is 17.2 Å². The van der Waals surface area contributed by atoms with E-state index < -0.39 is 22.2 Å². The molecule has 0 aliphatic heterocycles. The minimum absolute atomic E-state index is 0.139. The second-order valence-corrected chi connectivity index (χ2v) is 10.4. The van der Waals surface area contributed by atoms with Crippen LogP contribution in [0.25, 0.3) is 33.8 Å². The second kappa shape index (κ2) is 10.7. The summed E-state index contributed by atoms with van der Waals surface area (Å²) < 4.78 is 6.58. The van der Waals surface area contributed by atoms with Crippen molar-refractivity contribution in [3.05, 3.63) is 76.7 Å². The van der Waals surface area contributed by atoms with Crippen molar-refractivity contribution in [1.29, 1.82) is 0 Å². The van der Waals surface area contributed by atoms with Gasteiger partial charge < -0.3 is 20.1 Å². The Hall–Kier alpha value is -5.73. The number of aryl methyl sites for hydroxylation is 1. The topological polar surface area (TPSA) is 200 Å². The maximum absolute atomic E-state index is 12.6. The molecular formula is C27H26N10O5. The molecule has 4 heterocycles. The van der Waals surface area contributed by atoms with Gasteiger partial charge in [-0.05, 0) is 23.8 Å². The quantitative estimate of drug-likeness (QED) is 0.140. The maximum Gasteiger partial charge on any atom is 0.315 e. The van der Waals surface area contributed by atoms with E-state index in [-0.39, 0.29) is 23.7 Å². The number of hydrogen-bond donors (Lipinski definition) is 3. The van der Waals surface area contributed by atoms with Gasteiger partial charge in [-0.15, -0.1) is 0 Å². The van der Waals surface area contributed by atoms with Crippen molar-refractivity contribution in [1.82, 2.24) is 40.2 Å². The van der Waals surface area contributed by atoms with Gasteiger partial charge in [-0.1, -0.05) is 38.6 Å². The first-order valence-corrected chi connectivity index (χ1v) is 12.7. The molecule has 0 spiro atoms. The molecule has 3 N–H and O–H groups in total. The molecule has 1 aromatic carbocycles. The largest absolute Gasteiger partial charge is 0.343 e. The van der Waals surface area contributed by atoms with Crippen LogP contribution in [-0.2, 0) is 23.8 Å². The van der Waals surface area contributed by atoms with E-state index in [1.165, 1.54) is 10.7 Å². The average molecular weight is 571 g/mol. The highest BCUT2D eigenvalue weighted by molar-refractivity contribution is 6.01. The number of fused-ring (bicyclic) bond motifs is 1. The number of carbonyl (C=O) groups is 2. The number of benzene rings is 1. The highest BCUT2D eigenvalue weighted by Crippen LogP contribution is 2.33. The fourth-order valence-corrected chi connectivity index (χ4v) is 4.12. The standard InChI is InChI=1S/C27H26N10O5/c1-6-19(38)30-17-13-36(5)34-21(17)23-31-20-16(9-10-28-22(20)32-23)14-7-8-15(18(11-14)37(40)41)12-29-24(39)25-33-26(35-42-25)27(2,3)4/h6-11,13H,1,12H2,2-5H3,(H,29,39)(H,30,38)(H,28,31,32). The van der Waals surface area contributed by atoms with Crippen LogP contribution in [0.3, 0.4) is 0 Å². The van der Waals surface area contributed by atoms with Crippen LogP contribution in [0.4, 0.5) is 11.4 Å². The van der Waals surface area contributed by atoms with Crippen LogP contribution in [0.2, 0.25) is 0 Å². The molecule has 0 unspecified atom stereocenters. The lowest BCUT2D eigenvalue weighted by atomic mass is 9.96. The number of H-pyrrole nitrogens is 1. The number of nitro groups is 1. The number of aromatic nitrogens is 7. The fraction of sp³-hybridized carbons (Fsp3) is 0.222. The number of nitrogens with one attached hydrogen (secondary N) is 3. The molecular weight excluding hydrogens is 544 g/mol. The Morgan fingerprint density at radius 2 is 2.02 bits per heavy atom. The SMILES string of the molecule is C=CC(=O)Nc1cn(C)nc1-c1nc2c(-c3ccc(CNC(=O)c4nc(C(C)(C)C)no4)c([N+](=O)[O-])c3)ccnc2[nH]1. The van der Waals surface area contributed by atoms with Gasteiger partial charge in [0.2, 0.25) is 5.91 Å². The molecule has 5 aromatic rings. The van der Waals surface area contributed by atoms with E-state index in [0.29, 0.717) is 45.3 Å². The highest BCUT2D eigenvalue weighted by atomic mass is 16.6. The minimum atomic E-state index is -0.644. The summed E-state index contributed by atoms with van der Waals surface area (Å²) >= 11 is 0. The van der Waals surface area contributed by atoms with Crippen LogP contribution in [0.5, 0.6) is 0 Å². The number of rotatable bonds is 8. The monoisotopic (exact) mass is 570 g/mol. The molecule has 5 rings (SSSR count). The first-order chi connectivity index (χ1) is 19.9. The molecule has 0 radical (unpaired) electrons. The third-order valence-corrected chi connectivity index (χ3v) is 6.20. The smallest absolute Gasteiger partial charge is 0.315 e. The Morgan fingerprint density at radius 3 is 2.71 bits per heavy atom. The van der Waals surface area contributed by atoms with Crippen LogP contribution < -0.4 is 10.6 Å². The molecule has 0 aliphatic rings. The maximum atomic E-state index is 12.6. The van der Waals surface area contributed by atoms with E-state index in [4.69, 9.17) is 4.52 Å². The normalized spacial score (nSPS) is 11.4. The second-order valence-electron chi connectivity index (χ2n) is 10.4. The van der Waals surface area contributed by atoms with E-state index in [0.717, 1.165) is 6.08 Å². The predicted molar refractivity (Wildman–Crippen MR) is 151 cm³/mol. The van der Waals surface area contributed by atoms with Crippen molar-refractivity contribution >= 4 is 34.4 Å². The molecule has 0 aliphatic carbocycles. The Balaban J connectivity index is 1.44.